The normalized spacial score (nSPS) is 12.7. The van der Waals surface area contributed by atoms with Gasteiger partial charge >= 0.3 is 0 Å². The van der Waals surface area contributed by atoms with Crippen LogP contribution in [0.2, 0.25) is 0 Å². The van der Waals surface area contributed by atoms with Crippen molar-refractivity contribution in [3.8, 4) is 11.5 Å². The molecular formula is C25H36O5. The maximum atomic E-state index is 6.09. The first-order valence-electron chi connectivity index (χ1n) is 10.7. The topological polar surface area (TPSA) is 46.2 Å². The molecule has 0 N–H and O–H groups in total. The van der Waals surface area contributed by atoms with Crippen LogP contribution in [0.4, 0.5) is 0 Å². The van der Waals surface area contributed by atoms with Crippen LogP contribution in [0.5, 0.6) is 11.5 Å². The molecule has 0 aliphatic heterocycles. The van der Waals surface area contributed by atoms with Crippen molar-refractivity contribution in [3.05, 3.63) is 60.7 Å². The van der Waals surface area contributed by atoms with Gasteiger partial charge in [0, 0.05) is 6.42 Å². The summed E-state index contributed by atoms with van der Waals surface area (Å²) in [6, 6.07) is 19.5. The largest absolute Gasteiger partial charge is 0.491 e. The van der Waals surface area contributed by atoms with E-state index in [0.29, 0.717) is 39.5 Å². The molecule has 166 valence electrons. The van der Waals surface area contributed by atoms with Crippen molar-refractivity contribution in [2.45, 2.75) is 51.9 Å². The van der Waals surface area contributed by atoms with Gasteiger partial charge in [0.1, 0.15) is 24.7 Å². The smallest absolute Gasteiger partial charge is 0.119 e. The SMILES string of the molecule is CC(C)OCCOC(COc1ccccc1)CC(C)(C)OCCOc1ccccc1. The summed E-state index contributed by atoms with van der Waals surface area (Å²) in [5.41, 5.74) is -0.371. The number of rotatable bonds is 15. The summed E-state index contributed by atoms with van der Waals surface area (Å²) in [4.78, 5) is 0. The van der Waals surface area contributed by atoms with E-state index in [9.17, 15) is 0 Å². The fourth-order valence-corrected chi connectivity index (χ4v) is 2.97. The standard InChI is InChI=1S/C25H36O5/c1-21(2)26-15-16-28-24(20-29-23-13-9-6-10-14-23)19-25(3,4)30-18-17-27-22-11-7-5-8-12-22/h5-14,21,24H,15-20H2,1-4H3. The summed E-state index contributed by atoms with van der Waals surface area (Å²) in [5.74, 6) is 1.68. The van der Waals surface area contributed by atoms with Crippen molar-refractivity contribution in [2.24, 2.45) is 0 Å². The van der Waals surface area contributed by atoms with Gasteiger partial charge in [0.05, 0.1) is 37.6 Å². The van der Waals surface area contributed by atoms with Gasteiger partial charge in [-0.15, -0.1) is 0 Å². The second-order valence-corrected chi connectivity index (χ2v) is 8.01. The average molecular weight is 417 g/mol. The van der Waals surface area contributed by atoms with E-state index in [2.05, 4.69) is 13.8 Å². The zero-order valence-corrected chi connectivity index (χ0v) is 18.7. The van der Waals surface area contributed by atoms with Crippen LogP contribution < -0.4 is 9.47 Å². The molecule has 0 aliphatic carbocycles. The summed E-state index contributed by atoms with van der Waals surface area (Å²) in [7, 11) is 0. The lowest BCUT2D eigenvalue weighted by Crippen LogP contribution is -2.36. The van der Waals surface area contributed by atoms with Gasteiger partial charge in [-0.1, -0.05) is 36.4 Å². The first-order valence-corrected chi connectivity index (χ1v) is 10.7. The van der Waals surface area contributed by atoms with E-state index in [1.807, 2.05) is 74.5 Å². The zero-order chi connectivity index (χ0) is 21.7. The van der Waals surface area contributed by atoms with Crippen LogP contribution in [-0.2, 0) is 14.2 Å². The molecule has 0 bridgehead atoms. The summed E-state index contributed by atoms with van der Waals surface area (Å²) >= 11 is 0. The molecule has 0 spiro atoms. The third-order valence-electron chi connectivity index (χ3n) is 4.37. The van der Waals surface area contributed by atoms with E-state index >= 15 is 0 Å². The van der Waals surface area contributed by atoms with Crippen molar-refractivity contribution < 1.29 is 23.7 Å². The maximum absolute atomic E-state index is 6.09. The van der Waals surface area contributed by atoms with Crippen molar-refractivity contribution >= 4 is 0 Å². The molecule has 0 saturated carbocycles. The van der Waals surface area contributed by atoms with E-state index in [1.165, 1.54) is 0 Å². The molecule has 1 unspecified atom stereocenters. The Kier molecular flexibility index (Phi) is 10.7. The van der Waals surface area contributed by atoms with Gasteiger partial charge in [0.15, 0.2) is 0 Å². The molecule has 0 heterocycles. The van der Waals surface area contributed by atoms with E-state index in [4.69, 9.17) is 23.7 Å². The number of benzene rings is 2. The van der Waals surface area contributed by atoms with E-state index in [-0.39, 0.29) is 17.8 Å². The molecule has 1 atom stereocenters. The lowest BCUT2D eigenvalue weighted by atomic mass is 10.0. The minimum Gasteiger partial charge on any atom is -0.491 e. The van der Waals surface area contributed by atoms with Crippen LogP contribution in [0.25, 0.3) is 0 Å². The minimum atomic E-state index is -0.371. The average Bonchev–Trinajstić information content (AvgIpc) is 2.73. The highest BCUT2D eigenvalue weighted by Gasteiger charge is 2.25. The third kappa shape index (κ3) is 10.6. The predicted molar refractivity (Wildman–Crippen MR) is 119 cm³/mol. The van der Waals surface area contributed by atoms with Crippen LogP contribution in [0.15, 0.2) is 60.7 Å². The Bertz CT molecular complexity index is 672. The van der Waals surface area contributed by atoms with E-state index in [1.54, 1.807) is 0 Å². The molecule has 0 radical (unpaired) electrons. The van der Waals surface area contributed by atoms with Gasteiger partial charge in [0.25, 0.3) is 0 Å². The third-order valence-corrected chi connectivity index (χ3v) is 4.37. The molecule has 0 amide bonds. The first kappa shape index (κ1) is 24.2. The van der Waals surface area contributed by atoms with Crippen molar-refractivity contribution in [2.75, 3.05) is 33.0 Å². The van der Waals surface area contributed by atoms with Gasteiger partial charge in [0.2, 0.25) is 0 Å². The Morgan fingerprint density at radius 2 is 1.27 bits per heavy atom. The van der Waals surface area contributed by atoms with Gasteiger partial charge < -0.3 is 23.7 Å². The summed E-state index contributed by atoms with van der Waals surface area (Å²) in [6.07, 6.45) is 0.787. The number of ether oxygens (including phenoxy) is 5. The van der Waals surface area contributed by atoms with Gasteiger partial charge in [-0.3, -0.25) is 0 Å². The molecule has 5 nitrogen and oxygen atoms in total. The van der Waals surface area contributed by atoms with Crippen molar-refractivity contribution in [1.29, 1.82) is 0 Å². The van der Waals surface area contributed by atoms with Crippen molar-refractivity contribution in [3.63, 3.8) is 0 Å². The fraction of sp³-hybridized carbons (Fsp3) is 0.520. The lowest BCUT2D eigenvalue weighted by Gasteiger charge is -2.30. The minimum absolute atomic E-state index is 0.106. The molecule has 0 fully saturated rings. The molecule has 2 aromatic rings. The maximum Gasteiger partial charge on any atom is 0.119 e. The van der Waals surface area contributed by atoms with Crippen LogP contribution in [0.1, 0.15) is 34.1 Å². The Morgan fingerprint density at radius 1 is 0.700 bits per heavy atom. The van der Waals surface area contributed by atoms with Crippen molar-refractivity contribution in [1.82, 2.24) is 0 Å². The molecule has 5 heteroatoms. The number of para-hydroxylation sites is 2. The highest BCUT2D eigenvalue weighted by Crippen LogP contribution is 2.20. The highest BCUT2D eigenvalue weighted by atomic mass is 16.6. The highest BCUT2D eigenvalue weighted by molar-refractivity contribution is 5.21. The quantitative estimate of drug-likeness (QED) is 0.376. The number of hydrogen-bond donors (Lipinski definition) is 0. The molecule has 2 aromatic carbocycles. The first-order chi connectivity index (χ1) is 14.4. The second-order valence-electron chi connectivity index (χ2n) is 8.01. The van der Waals surface area contributed by atoms with E-state index in [0.717, 1.165) is 11.5 Å². The molecule has 2 rings (SSSR count). The summed E-state index contributed by atoms with van der Waals surface area (Å²) < 4.78 is 29.4. The predicted octanol–water partition coefficient (Wildman–Crippen LogP) is 5.14. The molecule has 30 heavy (non-hydrogen) atoms. The number of hydrogen-bond acceptors (Lipinski definition) is 5. The Balaban J connectivity index is 1.79. The zero-order valence-electron chi connectivity index (χ0n) is 18.7. The van der Waals surface area contributed by atoms with Crippen LogP contribution in [-0.4, -0.2) is 50.8 Å². The van der Waals surface area contributed by atoms with E-state index < -0.39 is 0 Å². The molecule has 0 aliphatic rings. The van der Waals surface area contributed by atoms with Gasteiger partial charge in [-0.05, 0) is 52.0 Å². The lowest BCUT2D eigenvalue weighted by molar-refractivity contribution is -0.0896. The van der Waals surface area contributed by atoms with Crippen LogP contribution >= 0.6 is 0 Å². The fourth-order valence-electron chi connectivity index (χ4n) is 2.97. The molecule has 0 aromatic heterocycles. The molecule has 0 saturated heterocycles. The Morgan fingerprint density at radius 3 is 1.87 bits per heavy atom. The van der Waals surface area contributed by atoms with Crippen LogP contribution in [0.3, 0.4) is 0 Å². The molecular weight excluding hydrogens is 380 g/mol. The monoisotopic (exact) mass is 416 g/mol. The van der Waals surface area contributed by atoms with Crippen LogP contribution in [0, 0.1) is 0 Å². The summed E-state index contributed by atoms with van der Waals surface area (Å²) in [6.45, 7) is 10.7. The second kappa shape index (κ2) is 13.3. The Hall–Kier alpha value is -2.08. The van der Waals surface area contributed by atoms with Gasteiger partial charge in [-0.25, -0.2) is 0 Å². The van der Waals surface area contributed by atoms with Gasteiger partial charge in [-0.2, -0.15) is 0 Å². The Labute approximate surface area is 181 Å². The summed E-state index contributed by atoms with van der Waals surface area (Å²) in [5, 5.41) is 0.